The van der Waals surface area contributed by atoms with E-state index in [4.69, 9.17) is 0 Å². The molecule has 0 aliphatic rings. The quantitative estimate of drug-likeness (QED) is 0.294. The van der Waals surface area contributed by atoms with Crippen molar-refractivity contribution in [2.24, 2.45) is 0 Å². The van der Waals surface area contributed by atoms with Gasteiger partial charge in [0.1, 0.15) is 11.4 Å². The summed E-state index contributed by atoms with van der Waals surface area (Å²) in [6.45, 7) is 0. The highest BCUT2D eigenvalue weighted by atomic mass is 19.4. The molecule has 146 valence electrons. The molecule has 2 nitrogen and oxygen atoms in total. The third-order valence-electron chi connectivity index (χ3n) is 5.18. The largest absolute Gasteiger partial charge is 0.416 e. The van der Waals surface area contributed by atoms with Crippen LogP contribution < -0.4 is 0 Å². The van der Waals surface area contributed by atoms with Gasteiger partial charge in [0.05, 0.1) is 5.56 Å². The molecular formula is C25H15F3N2. The number of halogens is 3. The fraction of sp³-hybridized carbons (Fsp3) is 0.0400. The highest BCUT2D eigenvalue weighted by Crippen LogP contribution is 2.36. The van der Waals surface area contributed by atoms with Gasteiger partial charge in [0.15, 0.2) is 0 Å². The predicted molar refractivity (Wildman–Crippen MR) is 113 cm³/mol. The van der Waals surface area contributed by atoms with Crippen LogP contribution in [0.15, 0.2) is 91.0 Å². The van der Waals surface area contributed by atoms with Gasteiger partial charge in [-0.25, -0.2) is 0 Å². The van der Waals surface area contributed by atoms with Gasteiger partial charge < -0.3 is 0 Å². The number of fused-ring (bicyclic) bond motifs is 2. The van der Waals surface area contributed by atoms with Crippen molar-refractivity contribution in [3.05, 3.63) is 96.6 Å². The summed E-state index contributed by atoms with van der Waals surface area (Å²) in [6, 6.07) is 26.9. The Morgan fingerprint density at radius 2 is 1.00 bits per heavy atom. The Morgan fingerprint density at radius 1 is 0.533 bits per heavy atom. The second-order valence-electron chi connectivity index (χ2n) is 7.08. The summed E-state index contributed by atoms with van der Waals surface area (Å²) in [4.78, 5) is 0. The van der Waals surface area contributed by atoms with Gasteiger partial charge in [-0.15, -0.1) is 10.2 Å². The minimum absolute atomic E-state index is 0.559. The van der Waals surface area contributed by atoms with Crippen molar-refractivity contribution in [2.45, 2.75) is 6.18 Å². The summed E-state index contributed by atoms with van der Waals surface area (Å²) < 4.78 is 38.9. The Hall–Kier alpha value is -3.73. The smallest absolute Gasteiger partial charge is 0.166 e. The van der Waals surface area contributed by atoms with E-state index in [-0.39, 0.29) is 0 Å². The lowest BCUT2D eigenvalue weighted by Gasteiger charge is -2.12. The van der Waals surface area contributed by atoms with Crippen LogP contribution in [0.2, 0.25) is 0 Å². The fourth-order valence-electron chi connectivity index (χ4n) is 3.68. The standard InChI is InChI=1S/C25H15F3N2/c26-25(27,28)20-12-10-17(11-13-20)24-22-15-19-9-5-4-8-18(19)14-21(22)23(29-30-24)16-6-2-1-3-7-16/h1-15H. The SMILES string of the molecule is FC(F)(F)c1ccc(-c2nnc(-c3ccccc3)c3cc4ccccc4cc23)cc1. The van der Waals surface area contributed by atoms with Crippen LogP contribution in [0.1, 0.15) is 5.56 Å². The van der Waals surface area contributed by atoms with E-state index >= 15 is 0 Å². The van der Waals surface area contributed by atoms with Gasteiger partial charge in [-0.2, -0.15) is 13.2 Å². The van der Waals surface area contributed by atoms with E-state index in [1.807, 2.05) is 60.7 Å². The number of hydrogen-bond donors (Lipinski definition) is 0. The Morgan fingerprint density at radius 3 is 1.50 bits per heavy atom. The van der Waals surface area contributed by atoms with Gasteiger partial charge in [-0.1, -0.05) is 66.7 Å². The first-order valence-corrected chi connectivity index (χ1v) is 9.43. The number of benzene rings is 4. The molecule has 0 saturated heterocycles. The molecule has 0 unspecified atom stereocenters. The Kier molecular flexibility index (Phi) is 4.24. The molecule has 5 aromatic rings. The van der Waals surface area contributed by atoms with E-state index in [9.17, 15) is 13.2 Å². The number of alkyl halides is 3. The van der Waals surface area contributed by atoms with Crippen molar-refractivity contribution in [1.29, 1.82) is 0 Å². The van der Waals surface area contributed by atoms with E-state index in [1.54, 1.807) is 0 Å². The minimum Gasteiger partial charge on any atom is -0.166 e. The second-order valence-corrected chi connectivity index (χ2v) is 7.08. The maximum absolute atomic E-state index is 13.0. The number of aromatic nitrogens is 2. The van der Waals surface area contributed by atoms with E-state index < -0.39 is 11.7 Å². The molecule has 0 saturated carbocycles. The van der Waals surface area contributed by atoms with Crippen LogP contribution in [0.4, 0.5) is 13.2 Å². The Balaban J connectivity index is 1.78. The monoisotopic (exact) mass is 400 g/mol. The van der Waals surface area contributed by atoms with Crippen molar-refractivity contribution in [1.82, 2.24) is 10.2 Å². The highest BCUT2D eigenvalue weighted by molar-refractivity contribution is 6.08. The molecule has 4 aromatic carbocycles. The second kappa shape index (κ2) is 6.95. The van der Waals surface area contributed by atoms with Crippen LogP contribution in [-0.4, -0.2) is 10.2 Å². The summed E-state index contributed by atoms with van der Waals surface area (Å²) >= 11 is 0. The normalized spacial score (nSPS) is 11.8. The van der Waals surface area contributed by atoms with E-state index in [0.29, 0.717) is 11.3 Å². The van der Waals surface area contributed by atoms with Gasteiger partial charge in [-0.3, -0.25) is 0 Å². The summed E-state index contributed by atoms with van der Waals surface area (Å²) in [7, 11) is 0. The van der Waals surface area contributed by atoms with Gasteiger partial charge in [0, 0.05) is 21.9 Å². The molecule has 0 spiro atoms. The van der Waals surface area contributed by atoms with Crippen LogP contribution in [-0.2, 0) is 6.18 Å². The van der Waals surface area contributed by atoms with E-state index in [1.165, 1.54) is 12.1 Å². The fourth-order valence-corrected chi connectivity index (χ4v) is 3.68. The molecule has 0 aliphatic heterocycles. The van der Waals surface area contributed by atoms with Crippen molar-refractivity contribution < 1.29 is 13.2 Å². The lowest BCUT2D eigenvalue weighted by atomic mass is 9.96. The molecule has 1 heterocycles. The number of rotatable bonds is 2. The van der Waals surface area contributed by atoms with Crippen molar-refractivity contribution in [3.8, 4) is 22.5 Å². The van der Waals surface area contributed by atoms with E-state index in [0.717, 1.165) is 44.9 Å². The summed E-state index contributed by atoms with van der Waals surface area (Å²) in [5.41, 5.74) is 2.14. The van der Waals surface area contributed by atoms with Crippen LogP contribution in [0.5, 0.6) is 0 Å². The van der Waals surface area contributed by atoms with Crippen molar-refractivity contribution in [3.63, 3.8) is 0 Å². The van der Waals surface area contributed by atoms with Gasteiger partial charge in [0.2, 0.25) is 0 Å². The maximum Gasteiger partial charge on any atom is 0.416 e. The molecule has 0 N–H and O–H groups in total. The van der Waals surface area contributed by atoms with Gasteiger partial charge in [0.25, 0.3) is 0 Å². The molecule has 0 radical (unpaired) electrons. The Labute approximate surface area is 170 Å². The first-order valence-electron chi connectivity index (χ1n) is 9.43. The first-order chi connectivity index (χ1) is 14.5. The molecule has 0 amide bonds. The zero-order valence-electron chi connectivity index (χ0n) is 15.7. The topological polar surface area (TPSA) is 25.8 Å². The highest BCUT2D eigenvalue weighted by Gasteiger charge is 2.30. The molecule has 5 heteroatoms. The lowest BCUT2D eigenvalue weighted by Crippen LogP contribution is -2.04. The molecule has 0 fully saturated rings. The van der Waals surface area contributed by atoms with Crippen LogP contribution in [0, 0.1) is 0 Å². The first kappa shape index (κ1) is 18.3. The molecular weight excluding hydrogens is 385 g/mol. The molecule has 5 rings (SSSR count). The average molecular weight is 400 g/mol. The van der Waals surface area contributed by atoms with Gasteiger partial charge >= 0.3 is 6.18 Å². The third-order valence-corrected chi connectivity index (χ3v) is 5.18. The van der Waals surface area contributed by atoms with Crippen molar-refractivity contribution >= 4 is 21.5 Å². The zero-order chi connectivity index (χ0) is 20.7. The third kappa shape index (κ3) is 3.18. The van der Waals surface area contributed by atoms with Crippen LogP contribution in [0.25, 0.3) is 44.1 Å². The van der Waals surface area contributed by atoms with Crippen LogP contribution in [0.3, 0.4) is 0 Å². The average Bonchev–Trinajstić information content (AvgIpc) is 2.77. The number of hydrogen-bond acceptors (Lipinski definition) is 2. The molecule has 1 aromatic heterocycles. The van der Waals surface area contributed by atoms with E-state index in [2.05, 4.69) is 16.3 Å². The predicted octanol–water partition coefficient (Wildman–Crippen LogP) is 7.14. The molecule has 0 bridgehead atoms. The molecule has 0 aliphatic carbocycles. The van der Waals surface area contributed by atoms with Gasteiger partial charge in [-0.05, 0) is 35.0 Å². The summed E-state index contributed by atoms with van der Waals surface area (Å²) in [6.07, 6.45) is -4.38. The van der Waals surface area contributed by atoms with Crippen LogP contribution >= 0.6 is 0 Å². The Bertz CT molecular complexity index is 1360. The lowest BCUT2D eigenvalue weighted by molar-refractivity contribution is -0.137. The van der Waals surface area contributed by atoms with Crippen molar-refractivity contribution in [2.75, 3.05) is 0 Å². The maximum atomic E-state index is 13.0. The number of nitrogens with zero attached hydrogens (tertiary/aromatic N) is 2. The zero-order valence-corrected chi connectivity index (χ0v) is 15.7. The summed E-state index contributed by atoms with van der Waals surface area (Å²) in [5, 5.41) is 12.7. The summed E-state index contributed by atoms with van der Waals surface area (Å²) in [5.74, 6) is 0. The minimum atomic E-state index is -4.38. The molecule has 30 heavy (non-hydrogen) atoms. The molecule has 0 atom stereocenters.